The van der Waals surface area contributed by atoms with E-state index >= 15 is 0 Å². The van der Waals surface area contributed by atoms with Crippen LogP contribution in [-0.2, 0) is 9.53 Å². The number of carbonyl (C=O) groups is 1. The molecule has 21 heavy (non-hydrogen) atoms. The van der Waals surface area contributed by atoms with E-state index in [9.17, 15) is 9.90 Å². The van der Waals surface area contributed by atoms with Gasteiger partial charge in [0.05, 0.1) is 24.9 Å². The first-order valence-electron chi connectivity index (χ1n) is 8.25. The number of ether oxygens (including phenoxy) is 1. The summed E-state index contributed by atoms with van der Waals surface area (Å²) in [5, 5.41) is 10.0. The molecule has 1 aliphatic carbocycles. The van der Waals surface area contributed by atoms with E-state index in [1.807, 2.05) is 25.8 Å². The van der Waals surface area contributed by atoms with Gasteiger partial charge in [-0.25, -0.2) is 0 Å². The van der Waals surface area contributed by atoms with E-state index in [1.165, 1.54) is 6.42 Å². The molecule has 2 aliphatic rings. The Kier molecular flexibility index (Phi) is 6.02. The fourth-order valence-electron chi connectivity index (χ4n) is 3.58. The van der Waals surface area contributed by atoms with E-state index in [2.05, 4.69) is 4.90 Å². The summed E-state index contributed by atoms with van der Waals surface area (Å²) in [4.78, 5) is 16.4. The van der Waals surface area contributed by atoms with Crippen LogP contribution in [0.15, 0.2) is 0 Å². The minimum Gasteiger partial charge on any atom is -0.393 e. The number of hydrogen-bond donors (Lipinski definition) is 1. The van der Waals surface area contributed by atoms with Crippen LogP contribution in [0.4, 0.5) is 0 Å². The Morgan fingerprint density at radius 2 is 1.86 bits per heavy atom. The third-order valence-electron chi connectivity index (χ3n) is 4.59. The van der Waals surface area contributed by atoms with Gasteiger partial charge in [0.15, 0.2) is 0 Å². The number of morpholine rings is 1. The van der Waals surface area contributed by atoms with Crippen molar-refractivity contribution in [2.45, 2.75) is 57.8 Å². The normalized spacial score (nSPS) is 34.2. The molecule has 1 aliphatic heterocycles. The highest BCUT2D eigenvalue weighted by Gasteiger charge is 2.28. The molecule has 5 heteroatoms. The van der Waals surface area contributed by atoms with Crippen LogP contribution in [0.1, 0.15) is 39.5 Å². The minimum absolute atomic E-state index is 0.114. The second-order valence-corrected chi connectivity index (χ2v) is 6.86. The molecule has 1 saturated carbocycles. The summed E-state index contributed by atoms with van der Waals surface area (Å²) in [6.45, 7) is 6.63. The Morgan fingerprint density at radius 1 is 1.24 bits per heavy atom. The predicted octanol–water partition coefficient (Wildman–Crippen LogP) is 1.11. The van der Waals surface area contributed by atoms with E-state index in [0.29, 0.717) is 25.6 Å². The van der Waals surface area contributed by atoms with Crippen molar-refractivity contribution in [1.29, 1.82) is 0 Å². The van der Waals surface area contributed by atoms with Crippen LogP contribution in [0, 0.1) is 5.92 Å². The van der Waals surface area contributed by atoms with Crippen LogP contribution in [-0.4, -0.2) is 72.4 Å². The van der Waals surface area contributed by atoms with Crippen LogP contribution in [0.25, 0.3) is 0 Å². The second kappa shape index (κ2) is 7.56. The molecule has 0 bridgehead atoms. The fraction of sp³-hybridized carbons (Fsp3) is 0.938. The maximum Gasteiger partial charge on any atom is 0.236 e. The van der Waals surface area contributed by atoms with E-state index in [-0.39, 0.29) is 24.2 Å². The summed E-state index contributed by atoms with van der Waals surface area (Å²) >= 11 is 0. The quantitative estimate of drug-likeness (QED) is 0.844. The Bertz CT molecular complexity index is 340. The van der Waals surface area contributed by atoms with E-state index in [0.717, 1.165) is 25.8 Å². The lowest BCUT2D eigenvalue weighted by atomic mass is 9.86. The van der Waals surface area contributed by atoms with Crippen molar-refractivity contribution in [2.24, 2.45) is 5.92 Å². The SMILES string of the molecule is CC1CN(C(=O)CN(C)CC2CCCCC2O)CC(C)O1. The molecule has 1 saturated heterocycles. The monoisotopic (exact) mass is 298 g/mol. The molecular weight excluding hydrogens is 268 g/mol. The van der Waals surface area contributed by atoms with Gasteiger partial charge in [-0.15, -0.1) is 0 Å². The molecule has 0 aromatic heterocycles. The molecule has 5 nitrogen and oxygen atoms in total. The van der Waals surface area contributed by atoms with Crippen LogP contribution < -0.4 is 0 Å². The minimum atomic E-state index is -0.195. The average Bonchev–Trinajstić information content (AvgIpc) is 2.40. The van der Waals surface area contributed by atoms with Crippen LogP contribution in [0.5, 0.6) is 0 Å². The third-order valence-corrected chi connectivity index (χ3v) is 4.59. The van der Waals surface area contributed by atoms with Gasteiger partial charge in [0.25, 0.3) is 0 Å². The molecule has 1 amide bonds. The van der Waals surface area contributed by atoms with Crippen molar-refractivity contribution in [2.75, 3.05) is 33.2 Å². The van der Waals surface area contributed by atoms with Crippen molar-refractivity contribution in [3.8, 4) is 0 Å². The molecule has 4 atom stereocenters. The van der Waals surface area contributed by atoms with Gasteiger partial charge in [-0.1, -0.05) is 12.8 Å². The molecule has 1 N–H and O–H groups in total. The van der Waals surface area contributed by atoms with Crippen LogP contribution in [0.2, 0.25) is 0 Å². The van der Waals surface area contributed by atoms with Crippen LogP contribution in [0.3, 0.4) is 0 Å². The lowest BCUT2D eigenvalue weighted by molar-refractivity contribution is -0.144. The summed E-state index contributed by atoms with van der Waals surface area (Å²) in [6, 6.07) is 0. The zero-order valence-electron chi connectivity index (χ0n) is 13.6. The lowest BCUT2D eigenvalue weighted by Gasteiger charge is -2.37. The highest BCUT2D eigenvalue weighted by molar-refractivity contribution is 5.78. The van der Waals surface area contributed by atoms with E-state index in [4.69, 9.17) is 4.74 Å². The van der Waals surface area contributed by atoms with E-state index in [1.54, 1.807) is 0 Å². The molecule has 122 valence electrons. The predicted molar refractivity (Wildman–Crippen MR) is 82.1 cm³/mol. The number of aliphatic hydroxyl groups is 1. The summed E-state index contributed by atoms with van der Waals surface area (Å²) in [6.07, 6.45) is 4.34. The number of aliphatic hydroxyl groups excluding tert-OH is 1. The van der Waals surface area contributed by atoms with Crippen LogP contribution >= 0.6 is 0 Å². The number of likely N-dealkylation sites (N-methyl/N-ethyl adjacent to an activating group) is 1. The Morgan fingerprint density at radius 3 is 2.48 bits per heavy atom. The van der Waals surface area contributed by atoms with Gasteiger partial charge in [-0.2, -0.15) is 0 Å². The first-order chi connectivity index (χ1) is 9.95. The molecule has 0 radical (unpaired) electrons. The molecule has 0 spiro atoms. The van der Waals surface area contributed by atoms with Gasteiger partial charge < -0.3 is 14.7 Å². The Hall–Kier alpha value is -0.650. The number of amides is 1. The van der Waals surface area contributed by atoms with Crippen molar-refractivity contribution in [3.63, 3.8) is 0 Å². The maximum atomic E-state index is 12.4. The summed E-state index contributed by atoms with van der Waals surface area (Å²) in [5.74, 6) is 0.490. The first kappa shape index (κ1) is 16.7. The van der Waals surface area contributed by atoms with Crippen molar-refractivity contribution in [1.82, 2.24) is 9.80 Å². The van der Waals surface area contributed by atoms with Gasteiger partial charge in [0.1, 0.15) is 0 Å². The molecule has 1 heterocycles. The molecule has 2 fully saturated rings. The van der Waals surface area contributed by atoms with Crippen molar-refractivity contribution < 1.29 is 14.6 Å². The lowest BCUT2D eigenvalue weighted by Crippen LogP contribution is -2.51. The number of nitrogens with zero attached hydrogens (tertiary/aromatic N) is 2. The molecule has 2 rings (SSSR count). The fourth-order valence-corrected chi connectivity index (χ4v) is 3.58. The third kappa shape index (κ3) is 4.94. The molecule has 4 unspecified atom stereocenters. The first-order valence-corrected chi connectivity index (χ1v) is 8.25. The zero-order valence-corrected chi connectivity index (χ0v) is 13.6. The smallest absolute Gasteiger partial charge is 0.236 e. The Balaban J connectivity index is 1.78. The molecule has 0 aromatic carbocycles. The van der Waals surface area contributed by atoms with Gasteiger partial charge in [0, 0.05) is 19.6 Å². The standard InChI is InChI=1S/C16H30N2O3/c1-12-8-18(9-13(2)21-12)16(20)11-17(3)10-14-6-4-5-7-15(14)19/h12-15,19H,4-11H2,1-3H3. The average molecular weight is 298 g/mol. The summed E-state index contributed by atoms with van der Waals surface area (Å²) in [7, 11) is 1.98. The summed E-state index contributed by atoms with van der Waals surface area (Å²) in [5.41, 5.74) is 0. The Labute approximate surface area is 128 Å². The highest BCUT2D eigenvalue weighted by Crippen LogP contribution is 2.24. The number of hydrogen-bond acceptors (Lipinski definition) is 4. The number of rotatable bonds is 4. The summed E-state index contributed by atoms with van der Waals surface area (Å²) < 4.78 is 5.67. The van der Waals surface area contributed by atoms with Crippen molar-refractivity contribution in [3.05, 3.63) is 0 Å². The maximum absolute atomic E-state index is 12.4. The number of carbonyl (C=O) groups excluding carboxylic acids is 1. The molecule has 0 aromatic rings. The van der Waals surface area contributed by atoms with Gasteiger partial charge in [0.2, 0.25) is 5.91 Å². The van der Waals surface area contributed by atoms with Gasteiger partial charge >= 0.3 is 0 Å². The topological polar surface area (TPSA) is 53.0 Å². The highest BCUT2D eigenvalue weighted by atomic mass is 16.5. The van der Waals surface area contributed by atoms with E-state index < -0.39 is 0 Å². The van der Waals surface area contributed by atoms with Gasteiger partial charge in [-0.3, -0.25) is 9.69 Å². The van der Waals surface area contributed by atoms with Gasteiger partial charge in [-0.05, 0) is 39.7 Å². The zero-order chi connectivity index (χ0) is 15.4. The second-order valence-electron chi connectivity index (χ2n) is 6.86. The van der Waals surface area contributed by atoms with Crippen molar-refractivity contribution >= 4 is 5.91 Å². The molecular formula is C16H30N2O3. The largest absolute Gasteiger partial charge is 0.393 e.